The summed E-state index contributed by atoms with van der Waals surface area (Å²) in [7, 11) is -2.64. The lowest BCUT2D eigenvalue weighted by molar-refractivity contribution is 0.0747. The Hall–Kier alpha value is -1.12. The zero-order chi connectivity index (χ0) is 15.8. The molecule has 0 aliphatic carbocycles. The zero-order valence-electron chi connectivity index (χ0n) is 11.8. The van der Waals surface area contributed by atoms with Crippen molar-refractivity contribution in [1.82, 2.24) is 4.90 Å². The van der Waals surface area contributed by atoms with Crippen LogP contribution in [-0.4, -0.2) is 38.9 Å². The molecular weight excluding hydrogens is 360 g/mol. The van der Waals surface area contributed by atoms with Crippen LogP contribution >= 0.6 is 15.9 Å². The van der Waals surface area contributed by atoms with E-state index in [-0.39, 0.29) is 28.2 Å². The van der Waals surface area contributed by atoms with Gasteiger partial charge in [-0.05, 0) is 47.8 Å². The highest BCUT2D eigenvalue weighted by Crippen LogP contribution is 2.34. The van der Waals surface area contributed by atoms with Crippen molar-refractivity contribution < 1.29 is 17.9 Å². The van der Waals surface area contributed by atoms with Crippen LogP contribution in [0.5, 0.6) is 5.75 Å². The molecule has 1 amide bonds. The van der Waals surface area contributed by atoms with Gasteiger partial charge in [0.15, 0.2) is 5.75 Å². The number of likely N-dealkylation sites (tertiary alicyclic amines) is 1. The van der Waals surface area contributed by atoms with Crippen LogP contribution in [0.1, 0.15) is 30.1 Å². The molecule has 2 rings (SSSR count). The number of primary sulfonamides is 1. The van der Waals surface area contributed by atoms with Gasteiger partial charge < -0.3 is 9.64 Å². The van der Waals surface area contributed by atoms with E-state index in [1.807, 2.05) is 6.92 Å². The first-order chi connectivity index (χ1) is 9.75. The Morgan fingerprint density at radius 3 is 2.62 bits per heavy atom. The molecule has 2 N–H and O–H groups in total. The van der Waals surface area contributed by atoms with E-state index in [4.69, 9.17) is 9.88 Å². The van der Waals surface area contributed by atoms with E-state index in [0.717, 1.165) is 12.8 Å². The number of benzene rings is 1. The number of sulfonamides is 1. The van der Waals surface area contributed by atoms with Gasteiger partial charge in [0.05, 0.1) is 11.6 Å². The largest absolute Gasteiger partial charge is 0.494 e. The molecule has 1 unspecified atom stereocenters. The molecule has 1 aliphatic rings. The topological polar surface area (TPSA) is 89.7 Å². The van der Waals surface area contributed by atoms with E-state index in [0.29, 0.717) is 11.0 Å². The lowest BCUT2D eigenvalue weighted by atomic mass is 10.1. The SMILES string of the molecule is COc1c(Br)cc(C(=O)N2CCCC2C)cc1S(N)(=O)=O. The van der Waals surface area contributed by atoms with Crippen molar-refractivity contribution in [3.05, 3.63) is 22.2 Å². The summed E-state index contributed by atoms with van der Waals surface area (Å²) >= 11 is 3.23. The predicted octanol–water partition coefficient (Wildman–Crippen LogP) is 1.73. The molecule has 0 aromatic heterocycles. The monoisotopic (exact) mass is 376 g/mol. The second-order valence-corrected chi connectivity index (χ2v) is 7.41. The number of amides is 1. The van der Waals surface area contributed by atoms with Gasteiger partial charge in [-0.25, -0.2) is 13.6 Å². The van der Waals surface area contributed by atoms with E-state index in [1.54, 1.807) is 11.0 Å². The number of halogens is 1. The van der Waals surface area contributed by atoms with Gasteiger partial charge in [0, 0.05) is 18.2 Å². The highest BCUT2D eigenvalue weighted by molar-refractivity contribution is 9.10. The Bertz CT molecular complexity index is 675. The molecule has 1 aromatic carbocycles. The number of hydrogen-bond donors (Lipinski definition) is 1. The standard InChI is InChI=1S/C13H17BrN2O4S/c1-8-4-3-5-16(8)13(17)9-6-10(14)12(20-2)11(7-9)21(15,18)19/h6-8H,3-5H2,1-2H3,(H2,15,18,19). The van der Waals surface area contributed by atoms with Gasteiger partial charge in [-0.1, -0.05) is 0 Å². The zero-order valence-corrected chi connectivity index (χ0v) is 14.2. The minimum Gasteiger partial charge on any atom is -0.494 e. The summed E-state index contributed by atoms with van der Waals surface area (Å²) < 4.78 is 28.8. The summed E-state index contributed by atoms with van der Waals surface area (Å²) in [5.74, 6) is -0.100. The molecule has 21 heavy (non-hydrogen) atoms. The molecule has 1 saturated heterocycles. The molecule has 0 spiro atoms. The first-order valence-corrected chi connectivity index (χ1v) is 8.81. The average Bonchev–Trinajstić information content (AvgIpc) is 2.82. The van der Waals surface area contributed by atoms with Crippen molar-refractivity contribution in [3.63, 3.8) is 0 Å². The number of methoxy groups -OCH3 is 1. The molecule has 0 saturated carbocycles. The maximum Gasteiger partial charge on any atom is 0.254 e. The Balaban J connectivity index is 2.51. The summed E-state index contributed by atoms with van der Waals surface area (Å²) in [6.45, 7) is 2.65. The molecule has 6 nitrogen and oxygen atoms in total. The molecule has 116 valence electrons. The minimum absolute atomic E-state index is 0.100. The number of ether oxygens (including phenoxy) is 1. The first-order valence-electron chi connectivity index (χ1n) is 6.47. The number of nitrogens with two attached hydrogens (primary N) is 1. The van der Waals surface area contributed by atoms with E-state index in [1.165, 1.54) is 13.2 Å². The summed E-state index contributed by atoms with van der Waals surface area (Å²) in [5.41, 5.74) is 0.278. The lowest BCUT2D eigenvalue weighted by Crippen LogP contribution is -2.33. The van der Waals surface area contributed by atoms with E-state index >= 15 is 0 Å². The normalized spacial score (nSPS) is 18.9. The van der Waals surface area contributed by atoms with Crippen LogP contribution < -0.4 is 9.88 Å². The van der Waals surface area contributed by atoms with E-state index < -0.39 is 10.0 Å². The van der Waals surface area contributed by atoms with Crippen LogP contribution in [0.3, 0.4) is 0 Å². The molecule has 0 bridgehead atoms. The van der Waals surface area contributed by atoms with Crippen LogP contribution in [0.4, 0.5) is 0 Å². The molecule has 1 aliphatic heterocycles. The van der Waals surface area contributed by atoms with Gasteiger partial charge in [0.1, 0.15) is 4.90 Å². The van der Waals surface area contributed by atoms with Crippen molar-refractivity contribution in [2.75, 3.05) is 13.7 Å². The lowest BCUT2D eigenvalue weighted by Gasteiger charge is -2.22. The number of nitrogens with zero attached hydrogens (tertiary/aromatic N) is 1. The van der Waals surface area contributed by atoms with Crippen molar-refractivity contribution in [3.8, 4) is 5.75 Å². The molecule has 1 atom stereocenters. The van der Waals surface area contributed by atoms with Gasteiger partial charge in [0.25, 0.3) is 5.91 Å². The van der Waals surface area contributed by atoms with Crippen LogP contribution in [0.15, 0.2) is 21.5 Å². The van der Waals surface area contributed by atoms with Crippen molar-refractivity contribution in [1.29, 1.82) is 0 Å². The highest BCUT2D eigenvalue weighted by atomic mass is 79.9. The molecule has 0 radical (unpaired) electrons. The maximum absolute atomic E-state index is 12.5. The first kappa shape index (κ1) is 16.3. The van der Waals surface area contributed by atoms with Gasteiger partial charge in [-0.15, -0.1) is 0 Å². The molecule has 1 fully saturated rings. The van der Waals surface area contributed by atoms with Crippen LogP contribution in [0.25, 0.3) is 0 Å². The van der Waals surface area contributed by atoms with Gasteiger partial charge in [0.2, 0.25) is 10.0 Å². The molecule has 1 heterocycles. The summed E-state index contributed by atoms with van der Waals surface area (Å²) in [4.78, 5) is 14.1. The van der Waals surface area contributed by atoms with E-state index in [9.17, 15) is 13.2 Å². The molecule has 8 heteroatoms. The maximum atomic E-state index is 12.5. The number of hydrogen-bond acceptors (Lipinski definition) is 4. The minimum atomic E-state index is -3.99. The third kappa shape index (κ3) is 3.22. The van der Waals surface area contributed by atoms with Crippen LogP contribution in [-0.2, 0) is 10.0 Å². The van der Waals surface area contributed by atoms with Crippen LogP contribution in [0.2, 0.25) is 0 Å². The quantitative estimate of drug-likeness (QED) is 0.869. The number of carbonyl (C=O) groups excluding carboxylic acids is 1. The third-order valence-electron chi connectivity index (χ3n) is 3.58. The molecular formula is C13H17BrN2O4S. The smallest absolute Gasteiger partial charge is 0.254 e. The second-order valence-electron chi connectivity index (χ2n) is 5.02. The average molecular weight is 377 g/mol. The Kier molecular flexibility index (Phi) is 4.60. The highest BCUT2D eigenvalue weighted by Gasteiger charge is 2.28. The fourth-order valence-electron chi connectivity index (χ4n) is 2.50. The van der Waals surface area contributed by atoms with Crippen LogP contribution in [0, 0.1) is 0 Å². The van der Waals surface area contributed by atoms with Gasteiger partial charge >= 0.3 is 0 Å². The number of rotatable bonds is 3. The Morgan fingerprint density at radius 1 is 1.48 bits per heavy atom. The second kappa shape index (κ2) is 5.94. The molecule has 1 aromatic rings. The Labute approximate surface area is 132 Å². The van der Waals surface area contributed by atoms with Crippen molar-refractivity contribution >= 4 is 31.9 Å². The van der Waals surface area contributed by atoms with Crippen molar-refractivity contribution in [2.24, 2.45) is 5.14 Å². The Morgan fingerprint density at radius 2 is 2.14 bits per heavy atom. The van der Waals surface area contributed by atoms with Gasteiger partial charge in [-0.3, -0.25) is 4.79 Å². The van der Waals surface area contributed by atoms with Gasteiger partial charge in [-0.2, -0.15) is 0 Å². The number of carbonyl (C=O) groups is 1. The van der Waals surface area contributed by atoms with Crippen molar-refractivity contribution in [2.45, 2.75) is 30.7 Å². The fourth-order valence-corrected chi connectivity index (χ4v) is 4.00. The third-order valence-corrected chi connectivity index (χ3v) is 5.09. The summed E-state index contributed by atoms with van der Waals surface area (Å²) in [6, 6.07) is 2.98. The van der Waals surface area contributed by atoms with E-state index in [2.05, 4.69) is 15.9 Å². The fraction of sp³-hybridized carbons (Fsp3) is 0.462. The predicted molar refractivity (Wildman–Crippen MR) is 81.8 cm³/mol. The summed E-state index contributed by atoms with van der Waals surface area (Å²) in [5, 5.41) is 5.20. The summed E-state index contributed by atoms with van der Waals surface area (Å²) in [6.07, 6.45) is 1.90.